The van der Waals surface area contributed by atoms with E-state index in [0.717, 1.165) is 5.56 Å². The van der Waals surface area contributed by atoms with Crippen LogP contribution in [0, 0.1) is 6.92 Å². The Labute approximate surface area is 109 Å². The molecule has 1 fully saturated rings. The van der Waals surface area contributed by atoms with Crippen molar-refractivity contribution in [2.24, 2.45) is 5.73 Å². The highest BCUT2D eigenvalue weighted by atomic mass is 32.2. The number of rotatable bonds is 2. The molecule has 1 unspecified atom stereocenters. The summed E-state index contributed by atoms with van der Waals surface area (Å²) in [5, 5.41) is 0. The van der Waals surface area contributed by atoms with Gasteiger partial charge in [-0.15, -0.1) is 0 Å². The molecule has 0 aromatic heterocycles. The maximum Gasteiger partial charge on any atom is 0.243 e. The zero-order valence-corrected chi connectivity index (χ0v) is 11.9. The summed E-state index contributed by atoms with van der Waals surface area (Å²) < 4.78 is 26.7. The number of nitrogens with two attached hydrogens (primary N) is 1. The fraction of sp³-hybridized carbons (Fsp3) is 0.538. The Balaban J connectivity index is 2.40. The first kappa shape index (κ1) is 13.5. The molecule has 0 radical (unpaired) electrons. The second kappa shape index (κ2) is 4.33. The van der Waals surface area contributed by atoms with E-state index < -0.39 is 15.6 Å². The second-order valence-electron chi connectivity index (χ2n) is 5.63. The van der Waals surface area contributed by atoms with Gasteiger partial charge in [0.2, 0.25) is 10.0 Å². The fourth-order valence-electron chi connectivity index (χ4n) is 2.53. The zero-order chi connectivity index (χ0) is 13.6. The summed E-state index contributed by atoms with van der Waals surface area (Å²) in [5.41, 5.74) is 6.53. The number of aryl methyl sites for hydroxylation is 1. The van der Waals surface area contributed by atoms with E-state index in [4.69, 9.17) is 5.73 Å². The van der Waals surface area contributed by atoms with E-state index in [1.165, 1.54) is 4.31 Å². The molecule has 18 heavy (non-hydrogen) atoms. The van der Waals surface area contributed by atoms with Crippen LogP contribution in [0.5, 0.6) is 0 Å². The van der Waals surface area contributed by atoms with Gasteiger partial charge in [0.05, 0.1) is 4.90 Å². The average Bonchev–Trinajstić information content (AvgIpc) is 2.53. The van der Waals surface area contributed by atoms with Crippen LogP contribution in [0.15, 0.2) is 29.2 Å². The highest BCUT2D eigenvalue weighted by Crippen LogP contribution is 2.33. The standard InChI is InChI=1S/C13H20N2O2S/c1-10-4-6-12(7-5-10)18(16,17)15-9-11(14)8-13(15,2)3/h4-7,11H,8-9,14H2,1-3H3. The minimum Gasteiger partial charge on any atom is -0.326 e. The van der Waals surface area contributed by atoms with Crippen LogP contribution >= 0.6 is 0 Å². The molecule has 0 saturated carbocycles. The first-order valence-electron chi connectivity index (χ1n) is 6.08. The number of nitrogens with zero attached hydrogens (tertiary/aromatic N) is 1. The predicted molar refractivity (Wildman–Crippen MR) is 71.7 cm³/mol. The SMILES string of the molecule is Cc1ccc(S(=O)(=O)N2CC(N)CC2(C)C)cc1. The molecule has 1 aliphatic rings. The van der Waals surface area contributed by atoms with Crippen molar-refractivity contribution in [1.29, 1.82) is 0 Å². The summed E-state index contributed by atoms with van der Waals surface area (Å²) in [6.07, 6.45) is 0.693. The van der Waals surface area contributed by atoms with E-state index in [-0.39, 0.29) is 6.04 Å². The molecular weight excluding hydrogens is 248 g/mol. The highest BCUT2D eigenvalue weighted by molar-refractivity contribution is 7.89. The molecule has 1 aromatic carbocycles. The maximum atomic E-state index is 12.6. The Morgan fingerprint density at radius 1 is 1.28 bits per heavy atom. The van der Waals surface area contributed by atoms with E-state index in [9.17, 15) is 8.42 Å². The Morgan fingerprint density at radius 2 is 1.83 bits per heavy atom. The number of hydrogen-bond donors (Lipinski definition) is 1. The van der Waals surface area contributed by atoms with E-state index >= 15 is 0 Å². The van der Waals surface area contributed by atoms with Crippen LogP contribution in [0.4, 0.5) is 0 Å². The molecule has 1 heterocycles. The minimum atomic E-state index is -3.44. The van der Waals surface area contributed by atoms with Gasteiger partial charge in [-0.05, 0) is 39.3 Å². The van der Waals surface area contributed by atoms with Crippen molar-refractivity contribution < 1.29 is 8.42 Å². The Bertz CT molecular complexity index is 535. The molecule has 2 rings (SSSR count). The van der Waals surface area contributed by atoms with Gasteiger partial charge < -0.3 is 5.73 Å². The van der Waals surface area contributed by atoms with Gasteiger partial charge in [0.15, 0.2) is 0 Å². The molecule has 100 valence electrons. The molecule has 2 N–H and O–H groups in total. The summed E-state index contributed by atoms with van der Waals surface area (Å²) in [6.45, 7) is 6.17. The van der Waals surface area contributed by atoms with Crippen LogP contribution in [0.3, 0.4) is 0 Å². The summed E-state index contributed by atoms with van der Waals surface area (Å²) in [5.74, 6) is 0. The van der Waals surface area contributed by atoms with Crippen molar-refractivity contribution in [2.75, 3.05) is 6.54 Å². The summed E-state index contributed by atoms with van der Waals surface area (Å²) >= 11 is 0. The van der Waals surface area contributed by atoms with E-state index in [0.29, 0.717) is 17.9 Å². The third-order valence-corrected chi connectivity index (χ3v) is 5.54. The van der Waals surface area contributed by atoms with Crippen LogP contribution in [0.1, 0.15) is 25.8 Å². The van der Waals surface area contributed by atoms with Crippen LogP contribution < -0.4 is 5.73 Å². The molecule has 1 aliphatic heterocycles. The monoisotopic (exact) mass is 268 g/mol. The van der Waals surface area contributed by atoms with Crippen molar-refractivity contribution in [3.05, 3.63) is 29.8 Å². The van der Waals surface area contributed by atoms with E-state index in [1.807, 2.05) is 32.9 Å². The molecule has 5 heteroatoms. The largest absolute Gasteiger partial charge is 0.326 e. The first-order chi connectivity index (χ1) is 8.23. The Hall–Kier alpha value is -0.910. The zero-order valence-electron chi connectivity index (χ0n) is 11.1. The van der Waals surface area contributed by atoms with Gasteiger partial charge >= 0.3 is 0 Å². The lowest BCUT2D eigenvalue weighted by Gasteiger charge is -2.30. The quantitative estimate of drug-likeness (QED) is 0.884. The lowest BCUT2D eigenvalue weighted by Crippen LogP contribution is -2.42. The normalized spacial score (nSPS) is 24.3. The second-order valence-corrected chi connectivity index (χ2v) is 7.49. The number of sulfonamides is 1. The molecule has 1 aromatic rings. The molecule has 1 atom stereocenters. The van der Waals surface area contributed by atoms with Gasteiger partial charge in [-0.1, -0.05) is 17.7 Å². The molecule has 0 bridgehead atoms. The molecule has 1 saturated heterocycles. The average molecular weight is 268 g/mol. The van der Waals surface area contributed by atoms with Gasteiger partial charge in [0.25, 0.3) is 0 Å². The van der Waals surface area contributed by atoms with E-state index in [1.54, 1.807) is 12.1 Å². The molecule has 0 amide bonds. The van der Waals surface area contributed by atoms with Crippen molar-refractivity contribution in [3.8, 4) is 0 Å². The fourth-order valence-corrected chi connectivity index (χ4v) is 4.38. The van der Waals surface area contributed by atoms with Crippen LogP contribution in [-0.4, -0.2) is 30.8 Å². The van der Waals surface area contributed by atoms with Crippen LogP contribution in [0.25, 0.3) is 0 Å². The van der Waals surface area contributed by atoms with Crippen molar-refractivity contribution in [1.82, 2.24) is 4.31 Å². The van der Waals surface area contributed by atoms with Crippen molar-refractivity contribution >= 4 is 10.0 Å². The van der Waals surface area contributed by atoms with Crippen molar-refractivity contribution in [2.45, 2.75) is 43.7 Å². The first-order valence-corrected chi connectivity index (χ1v) is 7.52. The van der Waals surface area contributed by atoms with Gasteiger partial charge in [-0.2, -0.15) is 4.31 Å². The van der Waals surface area contributed by atoms with Gasteiger partial charge in [-0.3, -0.25) is 0 Å². The summed E-state index contributed by atoms with van der Waals surface area (Å²) in [4.78, 5) is 0.343. The molecular formula is C13H20N2O2S. The van der Waals surface area contributed by atoms with Crippen LogP contribution in [-0.2, 0) is 10.0 Å². The molecule has 4 nitrogen and oxygen atoms in total. The Morgan fingerprint density at radius 3 is 2.28 bits per heavy atom. The summed E-state index contributed by atoms with van der Waals surface area (Å²) in [7, 11) is -3.44. The van der Waals surface area contributed by atoms with E-state index in [2.05, 4.69) is 0 Å². The maximum absolute atomic E-state index is 12.6. The number of benzene rings is 1. The van der Waals surface area contributed by atoms with Gasteiger partial charge in [0, 0.05) is 18.1 Å². The lowest BCUT2D eigenvalue weighted by molar-refractivity contribution is 0.291. The Kier molecular flexibility index (Phi) is 3.25. The van der Waals surface area contributed by atoms with Gasteiger partial charge in [0.1, 0.15) is 0 Å². The number of hydrogen-bond acceptors (Lipinski definition) is 3. The topological polar surface area (TPSA) is 63.4 Å². The molecule has 0 spiro atoms. The highest BCUT2D eigenvalue weighted by Gasteiger charge is 2.44. The van der Waals surface area contributed by atoms with Crippen LogP contribution in [0.2, 0.25) is 0 Å². The summed E-state index contributed by atoms with van der Waals surface area (Å²) in [6, 6.07) is 6.86. The van der Waals surface area contributed by atoms with Crippen molar-refractivity contribution in [3.63, 3.8) is 0 Å². The minimum absolute atomic E-state index is 0.0831. The third kappa shape index (κ3) is 2.30. The third-order valence-electron chi connectivity index (χ3n) is 3.45. The smallest absolute Gasteiger partial charge is 0.243 e. The lowest BCUT2D eigenvalue weighted by atomic mass is 10.0. The van der Waals surface area contributed by atoms with Gasteiger partial charge in [-0.25, -0.2) is 8.42 Å². The predicted octanol–water partition coefficient (Wildman–Crippen LogP) is 1.50. The molecule has 0 aliphatic carbocycles.